The first kappa shape index (κ1) is 83.3. The van der Waals surface area contributed by atoms with Crippen molar-refractivity contribution in [1.82, 2.24) is 0 Å². The van der Waals surface area contributed by atoms with E-state index in [0.29, 0.717) is 11.4 Å². The molecule has 0 amide bonds. The van der Waals surface area contributed by atoms with Crippen LogP contribution in [0.5, 0.6) is 0 Å². The molecule has 0 saturated carbocycles. The van der Waals surface area contributed by atoms with E-state index in [0.717, 1.165) is 11.1 Å². The van der Waals surface area contributed by atoms with E-state index in [2.05, 4.69) is 0 Å². The van der Waals surface area contributed by atoms with Crippen molar-refractivity contribution in [2.24, 2.45) is 0 Å². The second-order valence-corrected chi connectivity index (χ2v) is 110. The van der Waals surface area contributed by atoms with Crippen LogP contribution < -0.4 is 11.5 Å². The summed E-state index contributed by atoms with van der Waals surface area (Å²) in [5, 5.41) is 0. The van der Waals surface area contributed by atoms with Gasteiger partial charge in [0.15, 0.2) is 9.84 Å². The highest BCUT2D eigenvalue weighted by molar-refractivity contribution is 8.83. The molecule has 1 aliphatic rings. The van der Waals surface area contributed by atoms with Crippen LogP contribution in [-0.4, -0.2) is 8.42 Å². The predicted molar refractivity (Wildman–Crippen MR) is 490 cm³/mol. The Labute approximate surface area is 595 Å². The van der Waals surface area contributed by atoms with Crippen LogP contribution in [0.1, 0.15) is 38.8 Å². The van der Waals surface area contributed by atoms with E-state index >= 15 is 0 Å². The fourth-order valence-electron chi connectivity index (χ4n) is 3.16. The van der Waals surface area contributed by atoms with Crippen molar-refractivity contribution in [2.45, 2.75) is 37.2 Å². The number of sulfone groups is 1. The molecule has 0 saturated heterocycles. The number of nitrogens with two attached hydrogens (primary N) is 2. The molecule has 0 bridgehead atoms. The van der Waals surface area contributed by atoms with Gasteiger partial charge in [-0.05, 0) is 51.0 Å². The molecule has 0 atom stereocenters. The Morgan fingerprint density at radius 3 is 0.486 bits per heavy atom. The van der Waals surface area contributed by atoms with E-state index in [-0.39, 0.29) is 0 Å². The Balaban J connectivity index is 0.00000134. The third-order valence-electron chi connectivity index (χ3n) is 5.36. The quantitative estimate of drug-likeness (QED) is 0.385. The zero-order valence-corrected chi connectivity index (χ0v) is 81.2. The number of nitrogen functional groups attached to an aromatic ring is 2. The average Bonchev–Trinajstić information content (AvgIpc) is 3.47. The van der Waals surface area contributed by atoms with Gasteiger partial charge in [-0.15, -0.1) is 0 Å². The number of hydrogen-bond acceptors (Lipinski definition) is 6. The molecule has 0 aliphatic carbocycles. The maximum atomic E-state index is 12.5. The van der Waals surface area contributed by atoms with Crippen molar-refractivity contribution >= 4 is 532 Å². The highest BCUT2D eigenvalue weighted by Crippen LogP contribution is 2.53. The van der Waals surface area contributed by atoms with Crippen molar-refractivity contribution < 1.29 is 8.42 Å². The van der Waals surface area contributed by atoms with Crippen LogP contribution in [0, 0.1) is 0 Å². The van der Waals surface area contributed by atoms with Crippen molar-refractivity contribution in [3.63, 3.8) is 0 Å². The summed E-state index contributed by atoms with van der Waals surface area (Å²) < 4.78 is 23.2. The van der Waals surface area contributed by atoms with Crippen molar-refractivity contribution in [3.05, 3.63) is 23.3 Å². The number of benzene rings is 1. The normalized spacial score (nSPS) is 11.4. The summed E-state index contributed by atoms with van der Waals surface area (Å²) in [7, 11) is 95.2. The molecule has 62 heteroatoms. The Hall–Kier alpha value is 11.3. The molecule has 2 rings (SSSR count). The lowest BCUT2D eigenvalue weighted by Gasteiger charge is -2.24. The lowest BCUT2D eigenvalue weighted by molar-refractivity contribution is 0.536. The minimum Gasteiger partial charge on any atom is -0.397 e. The van der Waals surface area contributed by atoms with Crippen molar-refractivity contribution in [3.8, 4) is 0 Å². The van der Waals surface area contributed by atoms with E-state index in [1.54, 1.807) is 146 Å². The monoisotopic (exact) mass is 2080 g/mol. The van der Waals surface area contributed by atoms with Gasteiger partial charge in [-0.1, -0.05) is 0 Å². The van der Waals surface area contributed by atoms with Crippen LogP contribution in [0.4, 0.5) is 11.4 Å². The Morgan fingerprint density at radius 2 is 0.378 bits per heavy atom. The summed E-state index contributed by atoms with van der Waals surface area (Å²) in [5.74, 6) is 0. The van der Waals surface area contributed by atoms with E-state index in [4.69, 9.17) is 33.8 Å². The second-order valence-electron chi connectivity index (χ2n) is 9.29. The van der Waals surface area contributed by atoms with Gasteiger partial charge in [0.1, 0.15) is 0 Å². The van der Waals surface area contributed by atoms with E-state index in [1.165, 1.54) is 17.8 Å². The molecule has 0 unspecified atom stereocenters. The molecule has 74 heavy (non-hydrogen) atoms. The molecule has 1 aromatic rings. The lowest BCUT2D eigenvalue weighted by atomic mass is 9.89. The Bertz CT molecular complexity index is 4800. The van der Waals surface area contributed by atoms with E-state index in [9.17, 15) is 8.42 Å². The lowest BCUT2D eigenvalue weighted by Crippen LogP contribution is -2.33. The highest BCUT2D eigenvalue weighted by Gasteiger charge is 2.56. The molecular formula is C12H18N2O2S58. The summed E-state index contributed by atoms with van der Waals surface area (Å²) in [6.45, 7) is 6.86. The van der Waals surface area contributed by atoms with E-state index < -0.39 is 19.3 Å². The minimum absolute atomic E-state index is 0.435. The molecule has 0 fully saturated rings. The second kappa shape index (κ2) is 60.5. The molecular weight excluding hydrogens is 2060 g/mol. The van der Waals surface area contributed by atoms with Crippen LogP contribution in [0.3, 0.4) is 0 Å². The molecule has 4 N–H and O–H groups in total. The Kier molecular flexibility index (Phi) is 68.2. The van der Waals surface area contributed by atoms with Crippen LogP contribution in [-0.2, 0) is 530 Å². The molecule has 1 heterocycles. The maximum Gasteiger partial charge on any atom is 0.168 e. The summed E-state index contributed by atoms with van der Waals surface area (Å²) in [6.07, 6.45) is 0. The van der Waals surface area contributed by atoms with Crippen LogP contribution in [0.15, 0.2) is 12.1 Å². The van der Waals surface area contributed by atoms with Gasteiger partial charge in [0.05, 0.1) is 20.9 Å². The van der Waals surface area contributed by atoms with Gasteiger partial charge in [-0.2, -0.15) is 0 Å². The van der Waals surface area contributed by atoms with Crippen molar-refractivity contribution in [2.75, 3.05) is 11.5 Å². The number of fused-ring (bicyclic) bond motifs is 1. The fourth-order valence-corrected chi connectivity index (χ4v) is 151. The van der Waals surface area contributed by atoms with Gasteiger partial charge in [0.25, 0.3) is 0 Å². The summed E-state index contributed by atoms with van der Waals surface area (Å²) in [5.41, 5.74) is 13.9. The standard InChI is InChI=1S/C12H18N2O2S.S57/c1-11(2)7-5-9(13)10(14)6-8(7)12(3,4)17(11,15)16;1-3-5-7-9-11-13-15-17-19-21-23-25-27-29-31-33-35-37-39-41-43-45-47-49-51-53-55-57-56-54-52-50-48-46-44-42-40-38-36-34-32-30-28-26-24-22-20-18-16-14-12-10-8-6-4-2/h5-6H,13-14H2,1-4H3;. The zero-order chi connectivity index (χ0) is 54.1. The highest BCUT2D eigenvalue weighted by atomic mass is 33.5. The van der Waals surface area contributed by atoms with Crippen molar-refractivity contribution in [1.29, 1.82) is 0 Å². The summed E-state index contributed by atoms with van der Waals surface area (Å²) in [6, 6.07) is 3.38. The summed E-state index contributed by atoms with van der Waals surface area (Å²) >= 11 is 9.63. The fraction of sp³-hybridized carbons (Fsp3) is 0.500. The first-order chi connectivity index (χ1) is 35.9. The average molecular weight is 2080 g/mol. The van der Waals surface area contributed by atoms with E-state index in [1.807, 2.05) is 364 Å². The molecule has 0 aromatic heterocycles. The first-order valence-electron chi connectivity index (χ1n) is 14.8. The van der Waals surface area contributed by atoms with Crippen LogP contribution in [0.2, 0.25) is 0 Å². The molecule has 436 valence electrons. The first-order valence-corrected chi connectivity index (χ1v) is 91.0. The van der Waals surface area contributed by atoms with Gasteiger partial charge in [0, 0.05) is 511 Å². The summed E-state index contributed by atoms with van der Waals surface area (Å²) in [4.78, 5) is 0. The van der Waals surface area contributed by atoms with Gasteiger partial charge >= 0.3 is 0 Å². The molecule has 0 spiro atoms. The van der Waals surface area contributed by atoms with Gasteiger partial charge in [-0.3, -0.25) is 0 Å². The number of hydrogen-bond donors (Lipinski definition) is 2. The van der Waals surface area contributed by atoms with Gasteiger partial charge in [0.2, 0.25) is 0 Å². The molecule has 4 nitrogen and oxygen atoms in total. The number of rotatable bonds is 0. The van der Waals surface area contributed by atoms with Crippen LogP contribution >= 0.6 is 0 Å². The Morgan fingerprint density at radius 1 is 0.270 bits per heavy atom. The topological polar surface area (TPSA) is 86.2 Å². The van der Waals surface area contributed by atoms with Gasteiger partial charge in [-0.25, -0.2) is 8.42 Å². The number of anilines is 2. The molecule has 0 radical (unpaired) electrons. The molecule has 1 aliphatic heterocycles. The maximum absolute atomic E-state index is 12.5. The minimum atomic E-state index is -3.31. The third kappa shape index (κ3) is 45.6. The third-order valence-corrected chi connectivity index (χ3v) is 128. The largest absolute Gasteiger partial charge is 0.397 e. The smallest absolute Gasteiger partial charge is 0.168 e. The zero-order valence-electron chi connectivity index (χ0n) is 33.8. The SMILES string of the molecule is CC1(C)c2cc(N)c(N)cc2C(C)(C)S1(=O)=O.S=S=S=S=S=S=S=S=S=S=S=S=S=S=S=S=S=S=S=S=S=S=S=S=S=S=S=S=S=S=S=S=S=S=S=S=S=S=S=S=S=S=S=S=S=S=S=S=S=S=S=S=S=S=S=S=S. The molecule has 1 aromatic carbocycles. The predicted octanol–water partition coefficient (Wildman–Crippen LogP) is 1.61. The van der Waals surface area contributed by atoms with Crippen LogP contribution in [0.25, 0.3) is 0 Å². The van der Waals surface area contributed by atoms with Gasteiger partial charge < -0.3 is 11.5 Å².